The number of carbonyl (C=O) groups is 1. The smallest absolute Gasteiger partial charge is 0.282 e. The number of hydrogen-bond donors (Lipinski definition) is 0. The third-order valence-corrected chi connectivity index (χ3v) is 4.22. The second kappa shape index (κ2) is 3.56. The van der Waals surface area contributed by atoms with Crippen molar-refractivity contribution in [3.8, 4) is 0 Å². The molecule has 1 aliphatic heterocycles. The molecule has 2 rings (SSSR count). The van der Waals surface area contributed by atoms with E-state index in [1.54, 1.807) is 0 Å². The van der Waals surface area contributed by atoms with Gasteiger partial charge < -0.3 is 9.58 Å². The Morgan fingerprint density at radius 1 is 1.44 bits per heavy atom. The Balaban J connectivity index is 2.38. The molecule has 1 aliphatic carbocycles. The first kappa shape index (κ1) is 11.6. The average Bonchev–Trinajstić information content (AvgIpc) is 2.24. The summed E-state index contributed by atoms with van der Waals surface area (Å²) in [5.74, 6) is 0.0619. The minimum Gasteiger partial charge on any atom is -0.377 e. The highest BCUT2D eigenvalue weighted by atomic mass is 16.5. The summed E-state index contributed by atoms with van der Waals surface area (Å²) in [6.45, 7) is 13.9. The van der Waals surface area contributed by atoms with Gasteiger partial charge in [-0.2, -0.15) is 0 Å². The molecule has 1 saturated carbocycles. The Bertz CT molecular complexity index is 355. The van der Waals surface area contributed by atoms with Crippen molar-refractivity contribution in [2.24, 2.45) is 10.8 Å². The summed E-state index contributed by atoms with van der Waals surface area (Å²) in [6.07, 6.45) is 2.77. The summed E-state index contributed by atoms with van der Waals surface area (Å²) in [5.41, 5.74) is -0.506. The Hall–Kier alpha value is -0.880. The van der Waals surface area contributed by atoms with Gasteiger partial charge in [-0.25, -0.2) is 6.57 Å². The van der Waals surface area contributed by atoms with Gasteiger partial charge >= 0.3 is 0 Å². The summed E-state index contributed by atoms with van der Waals surface area (Å²) in [4.78, 5) is 15.7. The molecule has 1 saturated heterocycles. The van der Waals surface area contributed by atoms with Gasteiger partial charge in [-0.05, 0) is 12.8 Å². The second-order valence-corrected chi connectivity index (χ2v) is 5.94. The van der Waals surface area contributed by atoms with Crippen molar-refractivity contribution in [2.75, 3.05) is 6.61 Å². The summed E-state index contributed by atoms with van der Waals surface area (Å²) in [7, 11) is 0. The van der Waals surface area contributed by atoms with Gasteiger partial charge in [0.25, 0.3) is 6.04 Å². The number of hydrogen-bond acceptors (Lipinski definition) is 2. The van der Waals surface area contributed by atoms with Gasteiger partial charge in [-0.3, -0.25) is 4.79 Å². The fourth-order valence-corrected chi connectivity index (χ4v) is 3.50. The maximum atomic E-state index is 12.2. The number of ketones is 1. The van der Waals surface area contributed by atoms with Crippen LogP contribution in [0.15, 0.2) is 0 Å². The quantitative estimate of drug-likeness (QED) is 0.588. The Kier molecular flexibility index (Phi) is 2.58. The fraction of sp³-hybridized carbons (Fsp3) is 0.846. The number of nitrogens with zero attached hydrogens (tertiary/aromatic N) is 1. The fourth-order valence-electron chi connectivity index (χ4n) is 3.50. The lowest BCUT2D eigenvalue weighted by atomic mass is 9.57. The Morgan fingerprint density at radius 3 is 2.75 bits per heavy atom. The first-order valence-electron chi connectivity index (χ1n) is 5.94. The van der Waals surface area contributed by atoms with E-state index in [9.17, 15) is 4.79 Å². The predicted octanol–water partition coefficient (Wildman–Crippen LogP) is 2.46. The molecular weight excluding hydrogens is 202 g/mol. The van der Waals surface area contributed by atoms with E-state index in [1.165, 1.54) is 0 Å². The SMILES string of the molecule is [C-]#[N+]C1C[C@]2(C)CCCO[C@@H]2C(C)(C)C1=O. The molecule has 0 aromatic heterocycles. The van der Waals surface area contributed by atoms with Gasteiger partial charge in [0.1, 0.15) is 0 Å². The second-order valence-electron chi connectivity index (χ2n) is 5.94. The van der Waals surface area contributed by atoms with Crippen LogP contribution in [-0.4, -0.2) is 24.5 Å². The number of fused-ring (bicyclic) bond motifs is 1. The van der Waals surface area contributed by atoms with Gasteiger partial charge in [0.05, 0.1) is 11.5 Å². The van der Waals surface area contributed by atoms with Gasteiger partial charge in [0, 0.05) is 18.4 Å². The van der Waals surface area contributed by atoms with E-state index in [0.29, 0.717) is 6.42 Å². The zero-order chi connectivity index (χ0) is 12.0. The third-order valence-electron chi connectivity index (χ3n) is 4.22. The standard InChI is InChI=1S/C13H19NO2/c1-12(2)10(15)9(14-4)8-13(3)6-5-7-16-11(12)13/h9,11H,5-8H2,1-3H3/t9?,11-,13+/m1/s1. The van der Waals surface area contributed by atoms with Gasteiger partial charge in [0.2, 0.25) is 5.78 Å². The van der Waals surface area contributed by atoms with Crippen LogP contribution in [0.1, 0.15) is 40.0 Å². The molecule has 3 atom stereocenters. The van der Waals surface area contributed by atoms with Crippen molar-refractivity contribution in [3.63, 3.8) is 0 Å². The van der Waals surface area contributed by atoms with Crippen molar-refractivity contribution in [1.82, 2.24) is 0 Å². The number of rotatable bonds is 0. The maximum Gasteiger partial charge on any atom is 0.282 e. The van der Waals surface area contributed by atoms with Gasteiger partial charge in [-0.15, -0.1) is 0 Å². The van der Waals surface area contributed by atoms with Crippen LogP contribution in [-0.2, 0) is 9.53 Å². The number of ether oxygens (including phenoxy) is 1. The van der Waals surface area contributed by atoms with E-state index in [2.05, 4.69) is 11.8 Å². The van der Waals surface area contributed by atoms with E-state index in [1.807, 2.05) is 13.8 Å². The molecule has 0 N–H and O–H groups in total. The van der Waals surface area contributed by atoms with Crippen LogP contribution in [0.5, 0.6) is 0 Å². The highest BCUT2D eigenvalue weighted by Gasteiger charge is 2.59. The summed E-state index contributed by atoms with van der Waals surface area (Å²) in [5, 5.41) is 0. The molecule has 1 heterocycles. The molecule has 0 radical (unpaired) electrons. The first-order valence-corrected chi connectivity index (χ1v) is 5.94. The van der Waals surface area contributed by atoms with Crippen molar-refractivity contribution in [1.29, 1.82) is 0 Å². The summed E-state index contributed by atoms with van der Waals surface area (Å²) < 4.78 is 5.84. The number of carbonyl (C=O) groups excluding carboxylic acids is 1. The van der Waals surface area contributed by atoms with E-state index in [-0.39, 0.29) is 17.3 Å². The highest BCUT2D eigenvalue weighted by Crippen LogP contribution is 2.51. The van der Waals surface area contributed by atoms with Crippen LogP contribution in [0, 0.1) is 17.4 Å². The molecule has 2 fully saturated rings. The largest absolute Gasteiger partial charge is 0.377 e. The van der Waals surface area contributed by atoms with Crippen LogP contribution >= 0.6 is 0 Å². The van der Waals surface area contributed by atoms with E-state index >= 15 is 0 Å². The van der Waals surface area contributed by atoms with Crippen molar-refractivity contribution in [3.05, 3.63) is 11.4 Å². The Morgan fingerprint density at radius 2 is 2.12 bits per heavy atom. The van der Waals surface area contributed by atoms with Crippen molar-refractivity contribution >= 4 is 5.78 Å². The first-order chi connectivity index (χ1) is 7.42. The molecule has 3 nitrogen and oxygen atoms in total. The molecule has 0 amide bonds. The van der Waals surface area contributed by atoms with E-state index in [0.717, 1.165) is 19.4 Å². The van der Waals surface area contributed by atoms with Crippen LogP contribution in [0.4, 0.5) is 0 Å². The van der Waals surface area contributed by atoms with Crippen LogP contribution in [0.2, 0.25) is 0 Å². The molecule has 0 bridgehead atoms. The lowest BCUT2D eigenvalue weighted by Crippen LogP contribution is -2.59. The van der Waals surface area contributed by atoms with Gasteiger partial charge in [-0.1, -0.05) is 20.8 Å². The zero-order valence-electron chi connectivity index (χ0n) is 10.2. The monoisotopic (exact) mass is 221 g/mol. The average molecular weight is 221 g/mol. The maximum absolute atomic E-state index is 12.2. The molecular formula is C13H19NO2. The Labute approximate surface area is 97.0 Å². The van der Waals surface area contributed by atoms with Crippen LogP contribution in [0.25, 0.3) is 4.85 Å². The van der Waals surface area contributed by atoms with E-state index in [4.69, 9.17) is 11.3 Å². The van der Waals surface area contributed by atoms with Crippen LogP contribution in [0.3, 0.4) is 0 Å². The minimum absolute atomic E-state index is 0.00484. The number of Topliss-reactive ketones (excluding diaryl/α,β-unsaturated/α-hetero) is 1. The highest BCUT2D eigenvalue weighted by molar-refractivity contribution is 5.92. The minimum atomic E-state index is -0.511. The summed E-state index contributed by atoms with van der Waals surface area (Å²) >= 11 is 0. The molecule has 1 unspecified atom stereocenters. The lowest BCUT2D eigenvalue weighted by Gasteiger charge is -2.51. The zero-order valence-corrected chi connectivity index (χ0v) is 10.2. The molecule has 0 spiro atoms. The van der Waals surface area contributed by atoms with E-state index < -0.39 is 11.5 Å². The normalized spacial score (nSPS) is 42.2. The molecule has 16 heavy (non-hydrogen) atoms. The summed E-state index contributed by atoms with van der Waals surface area (Å²) in [6, 6.07) is -0.460. The van der Waals surface area contributed by atoms with Crippen molar-refractivity contribution < 1.29 is 9.53 Å². The molecule has 3 heteroatoms. The molecule has 0 aromatic carbocycles. The van der Waals surface area contributed by atoms with Crippen LogP contribution < -0.4 is 0 Å². The predicted molar refractivity (Wildman–Crippen MR) is 60.9 cm³/mol. The molecule has 88 valence electrons. The van der Waals surface area contributed by atoms with Gasteiger partial charge in [0.15, 0.2) is 0 Å². The molecule has 2 aliphatic rings. The third kappa shape index (κ3) is 1.48. The van der Waals surface area contributed by atoms with Crippen molar-refractivity contribution in [2.45, 2.75) is 52.2 Å². The topological polar surface area (TPSA) is 30.7 Å². The lowest BCUT2D eigenvalue weighted by molar-refractivity contribution is -0.173. The molecule has 0 aromatic rings.